The van der Waals surface area contributed by atoms with E-state index >= 15 is 0 Å². The Balaban J connectivity index is 2.95. The molecule has 98 valence electrons. The van der Waals surface area contributed by atoms with Crippen LogP contribution in [0.2, 0.25) is 0 Å². The van der Waals surface area contributed by atoms with Gasteiger partial charge in [0.2, 0.25) is 0 Å². The fourth-order valence-electron chi connectivity index (χ4n) is 1.95. The van der Waals surface area contributed by atoms with Gasteiger partial charge in [0.1, 0.15) is 5.82 Å². The first-order valence-corrected chi connectivity index (χ1v) is 6.35. The highest BCUT2D eigenvalue weighted by molar-refractivity contribution is 5.50. The van der Waals surface area contributed by atoms with Crippen LogP contribution in [0.5, 0.6) is 0 Å². The van der Waals surface area contributed by atoms with E-state index < -0.39 is 0 Å². The van der Waals surface area contributed by atoms with Crippen molar-refractivity contribution in [2.45, 2.75) is 26.8 Å². The first-order chi connectivity index (χ1) is 8.63. The normalized spacial score (nSPS) is 11.9. The third-order valence-electron chi connectivity index (χ3n) is 2.99. The largest absolute Gasteiger partial charge is 0.358 e. The topological polar surface area (TPSA) is 15.3 Å². The Bertz CT molecular complexity index is 423. The Kier molecular flexibility index (Phi) is 5.67. The number of rotatable bonds is 6. The van der Waals surface area contributed by atoms with Crippen molar-refractivity contribution in [1.29, 1.82) is 0 Å². The predicted octanol–water partition coefficient (Wildman–Crippen LogP) is 2.96. The van der Waals surface area contributed by atoms with Gasteiger partial charge in [0, 0.05) is 12.6 Å². The van der Waals surface area contributed by atoms with Gasteiger partial charge < -0.3 is 10.2 Å². The molecule has 0 aromatic heterocycles. The van der Waals surface area contributed by atoms with Crippen molar-refractivity contribution in [2.24, 2.45) is 0 Å². The Morgan fingerprint density at radius 2 is 2.17 bits per heavy atom. The molecule has 1 N–H and O–H groups in total. The molecular formula is C15H21FN2. The molecule has 0 amide bonds. The van der Waals surface area contributed by atoms with Crippen LogP contribution < -0.4 is 10.2 Å². The molecule has 0 fully saturated rings. The molecule has 0 bridgehead atoms. The number of nitrogens with zero attached hydrogens (tertiary/aromatic N) is 1. The zero-order valence-electron chi connectivity index (χ0n) is 11.3. The van der Waals surface area contributed by atoms with E-state index in [2.05, 4.69) is 11.2 Å². The summed E-state index contributed by atoms with van der Waals surface area (Å²) in [5.41, 5.74) is 1.53. The standard InChI is InChI=1S/C15H21FN2/c1-5-10-18(7-3)15-9-8-13(11-14(15)16)12(4)17-6-2/h1,8-9,11-12,17H,6-7,10H2,2-4H3. The molecule has 0 heterocycles. The third kappa shape index (κ3) is 3.48. The SMILES string of the molecule is C#CCN(CC)c1ccc(C(C)NCC)cc1F. The van der Waals surface area contributed by atoms with Crippen molar-refractivity contribution in [3.8, 4) is 12.3 Å². The van der Waals surface area contributed by atoms with Gasteiger partial charge in [0.05, 0.1) is 12.2 Å². The summed E-state index contributed by atoms with van der Waals surface area (Å²) in [4.78, 5) is 1.84. The van der Waals surface area contributed by atoms with Crippen LogP contribution in [0, 0.1) is 18.2 Å². The second-order valence-electron chi connectivity index (χ2n) is 4.21. The first kappa shape index (κ1) is 14.5. The van der Waals surface area contributed by atoms with Crippen LogP contribution in [-0.4, -0.2) is 19.6 Å². The Morgan fingerprint density at radius 1 is 1.44 bits per heavy atom. The molecule has 0 saturated carbocycles. The van der Waals surface area contributed by atoms with Crippen molar-refractivity contribution in [2.75, 3.05) is 24.5 Å². The molecule has 0 radical (unpaired) electrons. The van der Waals surface area contributed by atoms with Crippen LogP contribution in [0.3, 0.4) is 0 Å². The van der Waals surface area contributed by atoms with E-state index in [1.807, 2.05) is 31.7 Å². The van der Waals surface area contributed by atoms with E-state index in [0.717, 1.165) is 12.1 Å². The zero-order valence-corrected chi connectivity index (χ0v) is 11.3. The smallest absolute Gasteiger partial charge is 0.146 e. The first-order valence-electron chi connectivity index (χ1n) is 6.35. The fourth-order valence-corrected chi connectivity index (χ4v) is 1.95. The molecule has 2 nitrogen and oxygen atoms in total. The summed E-state index contributed by atoms with van der Waals surface area (Å²) in [7, 11) is 0. The average molecular weight is 248 g/mol. The summed E-state index contributed by atoms with van der Waals surface area (Å²) in [5.74, 6) is 2.34. The van der Waals surface area contributed by atoms with E-state index in [1.165, 1.54) is 0 Å². The summed E-state index contributed by atoms with van der Waals surface area (Å²) < 4.78 is 14.1. The lowest BCUT2D eigenvalue weighted by atomic mass is 10.1. The number of benzene rings is 1. The van der Waals surface area contributed by atoms with E-state index in [0.29, 0.717) is 18.8 Å². The van der Waals surface area contributed by atoms with Crippen LogP contribution in [0.25, 0.3) is 0 Å². The maximum absolute atomic E-state index is 14.1. The second-order valence-corrected chi connectivity index (χ2v) is 4.21. The van der Waals surface area contributed by atoms with Crippen LogP contribution in [0.4, 0.5) is 10.1 Å². The van der Waals surface area contributed by atoms with Gasteiger partial charge in [-0.1, -0.05) is 18.9 Å². The van der Waals surface area contributed by atoms with Crippen LogP contribution >= 0.6 is 0 Å². The van der Waals surface area contributed by atoms with Crippen molar-refractivity contribution in [3.63, 3.8) is 0 Å². The number of terminal acetylenes is 1. The van der Waals surface area contributed by atoms with E-state index in [4.69, 9.17) is 6.42 Å². The Morgan fingerprint density at radius 3 is 2.67 bits per heavy atom. The molecule has 3 heteroatoms. The minimum Gasteiger partial charge on any atom is -0.358 e. The molecule has 1 aromatic carbocycles. The predicted molar refractivity (Wildman–Crippen MR) is 75.2 cm³/mol. The minimum atomic E-state index is -0.214. The van der Waals surface area contributed by atoms with Crippen LogP contribution in [-0.2, 0) is 0 Å². The van der Waals surface area contributed by atoms with E-state index in [9.17, 15) is 4.39 Å². The maximum Gasteiger partial charge on any atom is 0.146 e. The molecule has 0 spiro atoms. The molecule has 1 aromatic rings. The van der Waals surface area contributed by atoms with Gasteiger partial charge in [0.25, 0.3) is 0 Å². The summed E-state index contributed by atoms with van der Waals surface area (Å²) in [6.07, 6.45) is 5.29. The van der Waals surface area contributed by atoms with Crippen molar-refractivity contribution in [3.05, 3.63) is 29.6 Å². The number of hydrogen-bond donors (Lipinski definition) is 1. The average Bonchev–Trinajstić information content (AvgIpc) is 2.36. The minimum absolute atomic E-state index is 0.154. The molecule has 18 heavy (non-hydrogen) atoms. The van der Waals surface area contributed by atoms with Crippen LogP contribution in [0.1, 0.15) is 32.4 Å². The highest BCUT2D eigenvalue weighted by Crippen LogP contribution is 2.23. The quantitative estimate of drug-likeness (QED) is 0.779. The van der Waals surface area contributed by atoms with E-state index in [1.54, 1.807) is 12.1 Å². The van der Waals surface area contributed by atoms with Crippen LogP contribution in [0.15, 0.2) is 18.2 Å². The maximum atomic E-state index is 14.1. The summed E-state index contributed by atoms with van der Waals surface area (Å²) in [6.45, 7) is 8.01. The summed E-state index contributed by atoms with van der Waals surface area (Å²) >= 11 is 0. The molecule has 0 aliphatic rings. The fraction of sp³-hybridized carbons (Fsp3) is 0.467. The molecule has 0 aliphatic heterocycles. The lowest BCUT2D eigenvalue weighted by molar-refractivity contribution is 0.581. The molecule has 1 atom stereocenters. The number of hydrogen-bond acceptors (Lipinski definition) is 2. The summed E-state index contributed by atoms with van der Waals surface area (Å²) in [6, 6.07) is 5.49. The highest BCUT2D eigenvalue weighted by Gasteiger charge is 2.12. The van der Waals surface area contributed by atoms with Gasteiger partial charge in [-0.05, 0) is 38.1 Å². The molecule has 0 saturated heterocycles. The summed E-state index contributed by atoms with van der Waals surface area (Å²) in [5, 5.41) is 3.26. The highest BCUT2D eigenvalue weighted by atomic mass is 19.1. The zero-order chi connectivity index (χ0) is 13.5. The van der Waals surface area contributed by atoms with Gasteiger partial charge in [0.15, 0.2) is 0 Å². The van der Waals surface area contributed by atoms with Crippen molar-refractivity contribution in [1.82, 2.24) is 5.32 Å². The lowest BCUT2D eigenvalue weighted by Gasteiger charge is -2.22. The van der Waals surface area contributed by atoms with Gasteiger partial charge in [-0.3, -0.25) is 0 Å². The molecule has 0 aliphatic carbocycles. The van der Waals surface area contributed by atoms with E-state index in [-0.39, 0.29) is 11.9 Å². The monoisotopic (exact) mass is 248 g/mol. The number of halogens is 1. The van der Waals surface area contributed by atoms with Crippen molar-refractivity contribution < 1.29 is 4.39 Å². The van der Waals surface area contributed by atoms with Crippen molar-refractivity contribution >= 4 is 5.69 Å². The van der Waals surface area contributed by atoms with Gasteiger partial charge in [-0.15, -0.1) is 6.42 Å². The number of nitrogens with one attached hydrogen (secondary N) is 1. The number of anilines is 1. The molecule has 1 unspecified atom stereocenters. The van der Waals surface area contributed by atoms with Gasteiger partial charge in [-0.2, -0.15) is 0 Å². The second kappa shape index (κ2) is 7.03. The van der Waals surface area contributed by atoms with Gasteiger partial charge in [-0.25, -0.2) is 4.39 Å². The third-order valence-corrected chi connectivity index (χ3v) is 2.99. The van der Waals surface area contributed by atoms with Gasteiger partial charge >= 0.3 is 0 Å². The molecular weight excluding hydrogens is 227 g/mol. The molecule has 1 rings (SSSR count). The lowest BCUT2D eigenvalue weighted by Crippen LogP contribution is -2.24. The Hall–Kier alpha value is -1.53. The Labute approximate surface area is 109 Å².